The molecular weight excluding hydrogens is 204 g/mol. The predicted octanol–water partition coefficient (Wildman–Crippen LogP) is 2.62. The number of rotatable bonds is 4. The second kappa shape index (κ2) is 5.26. The molecule has 0 aromatic heterocycles. The highest BCUT2D eigenvalue weighted by molar-refractivity contribution is 6.09. The minimum atomic E-state index is -1.10. The summed E-state index contributed by atoms with van der Waals surface area (Å²) >= 11 is 0. The maximum absolute atomic E-state index is 11.9. The number of ketones is 1. The molecule has 1 aromatic rings. The van der Waals surface area contributed by atoms with Gasteiger partial charge in [0.1, 0.15) is 5.92 Å². The van der Waals surface area contributed by atoms with E-state index in [0.717, 1.165) is 5.56 Å². The number of carboxylic acid groups (broad SMARTS) is 1. The largest absolute Gasteiger partial charge is 0.481 e. The summed E-state index contributed by atoms with van der Waals surface area (Å²) < 4.78 is 0. The molecule has 0 bridgehead atoms. The summed E-state index contributed by atoms with van der Waals surface area (Å²) in [6, 6.07) is 6.99. The van der Waals surface area contributed by atoms with Crippen molar-refractivity contribution in [1.29, 1.82) is 0 Å². The van der Waals surface area contributed by atoms with Crippen molar-refractivity contribution in [2.75, 3.05) is 0 Å². The Bertz CT molecular complexity index is 433. The lowest BCUT2D eigenvalue weighted by Gasteiger charge is -2.08. The first-order chi connectivity index (χ1) is 7.57. The van der Waals surface area contributed by atoms with Crippen molar-refractivity contribution < 1.29 is 14.7 Å². The molecule has 0 saturated carbocycles. The van der Waals surface area contributed by atoms with Crippen LogP contribution in [0.1, 0.15) is 29.8 Å². The standard InChI is InChI=1S/C13H14O3/c1-3-6-10-7-4-5-8-11(10)12(14)9(2)13(15)16/h3-9H,1-2H3,(H,15,16). The molecule has 1 N–H and O–H groups in total. The molecule has 0 fully saturated rings. The first-order valence-electron chi connectivity index (χ1n) is 5.06. The molecule has 84 valence electrons. The van der Waals surface area contributed by atoms with E-state index in [1.165, 1.54) is 6.92 Å². The molecule has 0 radical (unpaired) electrons. The molecule has 0 aliphatic carbocycles. The zero-order valence-corrected chi connectivity index (χ0v) is 9.31. The summed E-state index contributed by atoms with van der Waals surface area (Å²) in [6.07, 6.45) is 3.61. The van der Waals surface area contributed by atoms with Crippen LogP contribution in [0.3, 0.4) is 0 Å². The van der Waals surface area contributed by atoms with Gasteiger partial charge in [0, 0.05) is 5.56 Å². The van der Waals surface area contributed by atoms with E-state index in [9.17, 15) is 9.59 Å². The van der Waals surface area contributed by atoms with Crippen LogP contribution < -0.4 is 0 Å². The number of carbonyl (C=O) groups excluding carboxylic acids is 1. The third kappa shape index (κ3) is 2.57. The molecule has 0 amide bonds. The van der Waals surface area contributed by atoms with Gasteiger partial charge in [-0.1, -0.05) is 36.4 Å². The number of carboxylic acids is 1. The van der Waals surface area contributed by atoms with Crippen molar-refractivity contribution in [3.63, 3.8) is 0 Å². The lowest BCUT2D eigenvalue weighted by Crippen LogP contribution is -2.21. The molecule has 0 aliphatic rings. The molecule has 0 aliphatic heterocycles. The topological polar surface area (TPSA) is 54.4 Å². The molecule has 1 atom stereocenters. The number of hydrogen-bond acceptors (Lipinski definition) is 2. The Morgan fingerprint density at radius 3 is 2.50 bits per heavy atom. The average molecular weight is 218 g/mol. The van der Waals surface area contributed by atoms with E-state index in [0.29, 0.717) is 5.56 Å². The van der Waals surface area contributed by atoms with E-state index in [-0.39, 0.29) is 5.78 Å². The fraction of sp³-hybridized carbons (Fsp3) is 0.231. The molecule has 0 spiro atoms. The van der Waals surface area contributed by atoms with Crippen LogP contribution in [0, 0.1) is 5.92 Å². The number of aliphatic carboxylic acids is 1. The van der Waals surface area contributed by atoms with Crippen molar-refractivity contribution in [2.24, 2.45) is 5.92 Å². The monoisotopic (exact) mass is 218 g/mol. The van der Waals surface area contributed by atoms with Crippen LogP contribution in [0.5, 0.6) is 0 Å². The Morgan fingerprint density at radius 2 is 1.94 bits per heavy atom. The summed E-state index contributed by atoms with van der Waals surface area (Å²) in [6.45, 7) is 3.25. The summed E-state index contributed by atoms with van der Waals surface area (Å²) in [7, 11) is 0. The lowest BCUT2D eigenvalue weighted by atomic mass is 9.95. The Morgan fingerprint density at radius 1 is 1.31 bits per heavy atom. The molecular formula is C13H14O3. The Hall–Kier alpha value is -1.90. The number of hydrogen-bond donors (Lipinski definition) is 1. The quantitative estimate of drug-likeness (QED) is 0.624. The number of carbonyl (C=O) groups is 2. The molecule has 1 rings (SSSR count). The third-order valence-corrected chi connectivity index (χ3v) is 2.34. The van der Waals surface area contributed by atoms with Crippen LogP contribution in [0.4, 0.5) is 0 Å². The van der Waals surface area contributed by atoms with Gasteiger partial charge in [-0.3, -0.25) is 9.59 Å². The van der Waals surface area contributed by atoms with Gasteiger partial charge in [-0.2, -0.15) is 0 Å². The Kier molecular flexibility index (Phi) is 4.00. The summed E-state index contributed by atoms with van der Waals surface area (Å²) in [5, 5.41) is 8.80. The van der Waals surface area contributed by atoms with E-state index in [1.54, 1.807) is 24.3 Å². The molecule has 0 saturated heterocycles. The van der Waals surface area contributed by atoms with Crippen LogP contribution in [-0.4, -0.2) is 16.9 Å². The van der Waals surface area contributed by atoms with E-state index in [4.69, 9.17) is 5.11 Å². The maximum atomic E-state index is 11.9. The molecule has 3 heteroatoms. The van der Waals surface area contributed by atoms with Crippen LogP contribution >= 0.6 is 0 Å². The fourth-order valence-electron chi connectivity index (χ4n) is 1.39. The second-order valence-corrected chi connectivity index (χ2v) is 3.51. The van der Waals surface area contributed by atoms with Crippen LogP contribution in [0.2, 0.25) is 0 Å². The van der Waals surface area contributed by atoms with Gasteiger partial charge in [0.15, 0.2) is 5.78 Å². The first kappa shape index (κ1) is 12.2. The highest BCUT2D eigenvalue weighted by Crippen LogP contribution is 2.15. The van der Waals surface area contributed by atoms with Gasteiger partial charge in [0.25, 0.3) is 0 Å². The molecule has 1 aromatic carbocycles. The van der Waals surface area contributed by atoms with Crippen LogP contribution in [0.25, 0.3) is 6.08 Å². The van der Waals surface area contributed by atoms with E-state index >= 15 is 0 Å². The zero-order chi connectivity index (χ0) is 12.1. The summed E-state index contributed by atoms with van der Waals surface area (Å²) in [5.74, 6) is -2.46. The minimum Gasteiger partial charge on any atom is -0.481 e. The fourth-order valence-corrected chi connectivity index (χ4v) is 1.39. The van der Waals surface area contributed by atoms with Gasteiger partial charge in [-0.15, -0.1) is 0 Å². The van der Waals surface area contributed by atoms with Gasteiger partial charge in [0.05, 0.1) is 0 Å². The second-order valence-electron chi connectivity index (χ2n) is 3.51. The Balaban J connectivity index is 3.13. The average Bonchev–Trinajstić information content (AvgIpc) is 2.28. The van der Waals surface area contributed by atoms with Crippen molar-refractivity contribution >= 4 is 17.8 Å². The van der Waals surface area contributed by atoms with Gasteiger partial charge >= 0.3 is 5.97 Å². The van der Waals surface area contributed by atoms with E-state index in [2.05, 4.69) is 0 Å². The third-order valence-electron chi connectivity index (χ3n) is 2.34. The smallest absolute Gasteiger partial charge is 0.314 e. The highest BCUT2D eigenvalue weighted by atomic mass is 16.4. The highest BCUT2D eigenvalue weighted by Gasteiger charge is 2.23. The predicted molar refractivity (Wildman–Crippen MR) is 62.3 cm³/mol. The van der Waals surface area contributed by atoms with Gasteiger partial charge < -0.3 is 5.11 Å². The SMILES string of the molecule is CC=Cc1ccccc1C(=O)C(C)C(=O)O. The van der Waals surface area contributed by atoms with Crippen molar-refractivity contribution in [3.8, 4) is 0 Å². The summed E-state index contributed by atoms with van der Waals surface area (Å²) in [5.41, 5.74) is 1.21. The van der Waals surface area contributed by atoms with E-state index < -0.39 is 11.9 Å². The number of allylic oxidation sites excluding steroid dienone is 1. The van der Waals surface area contributed by atoms with Crippen LogP contribution in [0.15, 0.2) is 30.3 Å². The molecule has 3 nitrogen and oxygen atoms in total. The lowest BCUT2D eigenvalue weighted by molar-refractivity contribution is -0.139. The normalized spacial score (nSPS) is 12.6. The molecule has 16 heavy (non-hydrogen) atoms. The van der Waals surface area contributed by atoms with Crippen molar-refractivity contribution in [1.82, 2.24) is 0 Å². The van der Waals surface area contributed by atoms with E-state index in [1.807, 2.05) is 19.1 Å². The zero-order valence-electron chi connectivity index (χ0n) is 9.31. The van der Waals surface area contributed by atoms with Gasteiger partial charge in [0.2, 0.25) is 0 Å². The first-order valence-corrected chi connectivity index (χ1v) is 5.06. The summed E-state index contributed by atoms with van der Waals surface area (Å²) in [4.78, 5) is 22.6. The van der Waals surface area contributed by atoms with Gasteiger partial charge in [-0.05, 0) is 19.4 Å². The van der Waals surface area contributed by atoms with Gasteiger partial charge in [-0.25, -0.2) is 0 Å². The molecule has 0 heterocycles. The molecule has 1 unspecified atom stereocenters. The van der Waals surface area contributed by atoms with Crippen LogP contribution in [-0.2, 0) is 4.79 Å². The minimum absolute atomic E-state index is 0.360. The Labute approximate surface area is 94.4 Å². The van der Waals surface area contributed by atoms with Crippen molar-refractivity contribution in [2.45, 2.75) is 13.8 Å². The number of benzene rings is 1. The maximum Gasteiger partial charge on any atom is 0.314 e. The van der Waals surface area contributed by atoms with Crippen molar-refractivity contribution in [3.05, 3.63) is 41.5 Å². The number of Topliss-reactive ketones (excluding diaryl/α,β-unsaturated/α-hetero) is 1.